The molecule has 0 saturated heterocycles. The van der Waals surface area contributed by atoms with Gasteiger partial charge in [-0.15, -0.1) is 0 Å². The molecule has 0 aliphatic heterocycles. The summed E-state index contributed by atoms with van der Waals surface area (Å²) in [4.78, 5) is 0. The van der Waals surface area contributed by atoms with Crippen molar-refractivity contribution < 1.29 is 5.11 Å². The quantitative estimate of drug-likeness (QED) is 0.524. The smallest absolute Gasteiger partial charge is 0.0647 e. The zero-order valence-corrected chi connectivity index (χ0v) is 6.60. The van der Waals surface area contributed by atoms with Crippen molar-refractivity contribution in [1.82, 2.24) is 0 Å². The molecular formula is C8H15O. The molecule has 1 fully saturated rings. The van der Waals surface area contributed by atoms with Gasteiger partial charge in [0.05, 0.1) is 6.10 Å². The molecule has 53 valence electrons. The van der Waals surface area contributed by atoms with E-state index in [4.69, 9.17) is 0 Å². The highest BCUT2D eigenvalue weighted by atomic mass is 16.3. The van der Waals surface area contributed by atoms with Gasteiger partial charge in [-0.25, -0.2) is 0 Å². The fourth-order valence-electron chi connectivity index (χ4n) is 1.98. The van der Waals surface area contributed by atoms with Crippen LogP contribution in [0.2, 0.25) is 0 Å². The first kappa shape index (κ1) is 7.07. The molecule has 0 aromatic rings. The van der Waals surface area contributed by atoms with Crippen molar-refractivity contribution in [2.75, 3.05) is 0 Å². The average Bonchev–Trinajstić information content (AvgIpc) is 1.63. The van der Waals surface area contributed by atoms with Crippen LogP contribution in [0.4, 0.5) is 0 Å². The van der Waals surface area contributed by atoms with Crippen LogP contribution in [0.5, 0.6) is 0 Å². The topological polar surface area (TPSA) is 20.2 Å². The van der Waals surface area contributed by atoms with Gasteiger partial charge in [-0.3, -0.25) is 0 Å². The summed E-state index contributed by atoms with van der Waals surface area (Å²) in [6.45, 7) is 8.23. The molecule has 1 aliphatic rings. The zero-order chi connectivity index (χ0) is 7.28. The molecule has 0 amide bonds. The van der Waals surface area contributed by atoms with Crippen LogP contribution in [0.1, 0.15) is 27.7 Å². The summed E-state index contributed by atoms with van der Waals surface area (Å²) in [6, 6.07) is 0. The predicted octanol–water partition coefficient (Wildman–Crippen LogP) is 1.62. The van der Waals surface area contributed by atoms with Crippen molar-refractivity contribution in [2.45, 2.75) is 33.8 Å². The number of aliphatic hydroxyl groups is 1. The highest BCUT2D eigenvalue weighted by Gasteiger charge is 2.52. The van der Waals surface area contributed by atoms with Crippen LogP contribution in [0.15, 0.2) is 0 Å². The van der Waals surface area contributed by atoms with E-state index in [9.17, 15) is 5.11 Å². The lowest BCUT2D eigenvalue weighted by Gasteiger charge is -2.54. The summed E-state index contributed by atoms with van der Waals surface area (Å²) < 4.78 is 0. The molecule has 1 heteroatoms. The molecule has 0 atom stereocenters. The normalized spacial score (nSPS) is 31.7. The zero-order valence-electron chi connectivity index (χ0n) is 6.60. The second-order valence-electron chi connectivity index (χ2n) is 4.19. The maximum absolute atomic E-state index is 9.47. The summed E-state index contributed by atoms with van der Waals surface area (Å²) in [5, 5.41) is 9.47. The first-order chi connectivity index (χ1) is 3.86. The van der Waals surface area contributed by atoms with Crippen molar-refractivity contribution in [2.24, 2.45) is 10.8 Å². The highest BCUT2D eigenvalue weighted by molar-refractivity contribution is 5.15. The van der Waals surface area contributed by atoms with E-state index < -0.39 is 0 Å². The summed E-state index contributed by atoms with van der Waals surface area (Å²) in [6.07, 6.45) is 2.04. The third-order valence-corrected chi connectivity index (χ3v) is 2.15. The molecule has 0 aromatic carbocycles. The van der Waals surface area contributed by atoms with Crippen LogP contribution >= 0.6 is 0 Å². The SMILES string of the molecule is CC1(C)[CH]C(C)(C)C1O. The Labute approximate surface area is 57.1 Å². The van der Waals surface area contributed by atoms with Gasteiger partial charge < -0.3 is 5.11 Å². The van der Waals surface area contributed by atoms with Crippen LogP contribution in [0, 0.1) is 17.3 Å². The van der Waals surface area contributed by atoms with Gasteiger partial charge in [-0.1, -0.05) is 27.7 Å². The Morgan fingerprint density at radius 2 is 1.44 bits per heavy atom. The summed E-state index contributed by atoms with van der Waals surface area (Å²) in [7, 11) is 0. The molecule has 1 aliphatic carbocycles. The van der Waals surface area contributed by atoms with E-state index in [1.807, 2.05) is 0 Å². The first-order valence-corrected chi connectivity index (χ1v) is 3.41. The van der Waals surface area contributed by atoms with E-state index in [2.05, 4.69) is 34.1 Å². The maximum atomic E-state index is 9.47. The Balaban J connectivity index is 2.62. The molecule has 1 nitrogen and oxygen atoms in total. The maximum Gasteiger partial charge on any atom is 0.0647 e. The Hall–Kier alpha value is -0.0400. The second kappa shape index (κ2) is 1.51. The molecule has 0 heterocycles. The van der Waals surface area contributed by atoms with Crippen LogP contribution in [0.3, 0.4) is 0 Å². The van der Waals surface area contributed by atoms with E-state index in [0.717, 1.165) is 0 Å². The molecular weight excluding hydrogens is 112 g/mol. The van der Waals surface area contributed by atoms with Gasteiger partial charge >= 0.3 is 0 Å². The van der Waals surface area contributed by atoms with Gasteiger partial charge in [-0.05, 0) is 17.3 Å². The van der Waals surface area contributed by atoms with Crippen LogP contribution in [-0.4, -0.2) is 11.2 Å². The molecule has 0 bridgehead atoms. The van der Waals surface area contributed by atoms with E-state index in [0.29, 0.717) is 0 Å². The first-order valence-electron chi connectivity index (χ1n) is 3.41. The van der Waals surface area contributed by atoms with Crippen LogP contribution in [-0.2, 0) is 0 Å². The highest BCUT2D eigenvalue weighted by Crippen LogP contribution is 2.52. The fourth-order valence-corrected chi connectivity index (χ4v) is 1.98. The van der Waals surface area contributed by atoms with E-state index in [-0.39, 0.29) is 16.9 Å². The minimum Gasteiger partial charge on any atom is -0.392 e. The lowest BCUT2D eigenvalue weighted by atomic mass is 9.54. The Morgan fingerprint density at radius 3 is 1.44 bits per heavy atom. The molecule has 0 unspecified atom stereocenters. The van der Waals surface area contributed by atoms with Gasteiger partial charge in [0.1, 0.15) is 0 Å². The molecule has 9 heavy (non-hydrogen) atoms. The van der Waals surface area contributed by atoms with Crippen molar-refractivity contribution in [3.8, 4) is 0 Å². The van der Waals surface area contributed by atoms with Gasteiger partial charge in [-0.2, -0.15) is 0 Å². The number of rotatable bonds is 0. The Bertz CT molecular complexity index is 111. The van der Waals surface area contributed by atoms with Crippen molar-refractivity contribution in [3.63, 3.8) is 0 Å². The van der Waals surface area contributed by atoms with Crippen molar-refractivity contribution >= 4 is 0 Å². The monoisotopic (exact) mass is 127 g/mol. The third kappa shape index (κ3) is 0.877. The Kier molecular flexibility index (Phi) is 1.19. The summed E-state index contributed by atoms with van der Waals surface area (Å²) in [5.41, 5.74) is 0.0903. The van der Waals surface area contributed by atoms with Crippen LogP contribution < -0.4 is 0 Å². The molecule has 1 saturated carbocycles. The van der Waals surface area contributed by atoms with E-state index in [1.54, 1.807) is 0 Å². The summed E-state index contributed by atoms with van der Waals surface area (Å²) in [5.74, 6) is 0. The minimum atomic E-state index is -0.162. The molecule has 0 aromatic heterocycles. The van der Waals surface area contributed by atoms with Gasteiger partial charge in [0.2, 0.25) is 0 Å². The fraction of sp³-hybridized carbons (Fsp3) is 0.875. The lowest BCUT2D eigenvalue weighted by molar-refractivity contribution is -0.0911. The van der Waals surface area contributed by atoms with E-state index in [1.165, 1.54) is 0 Å². The van der Waals surface area contributed by atoms with Gasteiger partial charge in [0, 0.05) is 0 Å². The molecule has 1 N–H and O–H groups in total. The number of hydrogen-bond donors (Lipinski definition) is 1. The number of hydrogen-bond acceptors (Lipinski definition) is 1. The van der Waals surface area contributed by atoms with Gasteiger partial charge in [0.15, 0.2) is 0 Å². The lowest BCUT2D eigenvalue weighted by Crippen LogP contribution is -2.55. The average molecular weight is 127 g/mol. The second-order valence-corrected chi connectivity index (χ2v) is 4.19. The van der Waals surface area contributed by atoms with E-state index >= 15 is 0 Å². The predicted molar refractivity (Wildman–Crippen MR) is 37.9 cm³/mol. The number of aliphatic hydroxyl groups excluding tert-OH is 1. The summed E-state index contributed by atoms with van der Waals surface area (Å²) >= 11 is 0. The van der Waals surface area contributed by atoms with Crippen LogP contribution in [0.25, 0.3) is 0 Å². The Morgan fingerprint density at radius 1 is 1.11 bits per heavy atom. The van der Waals surface area contributed by atoms with Crippen molar-refractivity contribution in [3.05, 3.63) is 6.42 Å². The molecule has 0 spiro atoms. The third-order valence-electron chi connectivity index (χ3n) is 2.15. The largest absolute Gasteiger partial charge is 0.392 e. The molecule has 1 radical (unpaired) electrons. The standard InChI is InChI=1S/C8H15O/c1-7(2)5-8(3,4)6(7)9/h5-6,9H,1-4H3. The minimum absolute atomic E-state index is 0.0451. The molecule has 1 rings (SSSR count). The van der Waals surface area contributed by atoms with Gasteiger partial charge in [0.25, 0.3) is 0 Å². The van der Waals surface area contributed by atoms with Crippen molar-refractivity contribution in [1.29, 1.82) is 0 Å².